The van der Waals surface area contributed by atoms with Gasteiger partial charge in [0.15, 0.2) is 0 Å². The molecule has 0 aliphatic heterocycles. The van der Waals surface area contributed by atoms with Gasteiger partial charge in [-0.2, -0.15) is 0 Å². The van der Waals surface area contributed by atoms with E-state index in [1.807, 2.05) is 43.3 Å². The summed E-state index contributed by atoms with van der Waals surface area (Å²) >= 11 is 1.31. The molecular weight excluding hydrogens is 382 g/mol. The summed E-state index contributed by atoms with van der Waals surface area (Å²) < 4.78 is 0. The third-order valence-corrected chi connectivity index (χ3v) is 5.48. The van der Waals surface area contributed by atoms with Crippen molar-refractivity contribution in [1.82, 2.24) is 10.2 Å². The first kappa shape index (κ1) is 23.0. The van der Waals surface area contributed by atoms with Crippen LogP contribution in [-0.2, 0) is 22.7 Å². The van der Waals surface area contributed by atoms with E-state index in [9.17, 15) is 9.59 Å². The molecule has 0 unspecified atom stereocenters. The lowest BCUT2D eigenvalue weighted by Crippen LogP contribution is -2.26. The Morgan fingerprint density at radius 2 is 1.62 bits per heavy atom. The van der Waals surface area contributed by atoms with Gasteiger partial charge in [-0.15, -0.1) is 11.8 Å². The Morgan fingerprint density at radius 3 is 2.34 bits per heavy atom. The molecule has 6 heteroatoms. The van der Waals surface area contributed by atoms with Crippen molar-refractivity contribution in [3.05, 3.63) is 65.2 Å². The van der Waals surface area contributed by atoms with Gasteiger partial charge in [0.25, 0.3) is 0 Å². The minimum Gasteiger partial charge on any atom is -0.351 e. The summed E-state index contributed by atoms with van der Waals surface area (Å²) in [4.78, 5) is 26.4. The zero-order valence-electron chi connectivity index (χ0n) is 17.5. The highest BCUT2D eigenvalue weighted by Crippen LogP contribution is 2.11. The summed E-state index contributed by atoms with van der Waals surface area (Å²) in [6.45, 7) is 9.76. The lowest BCUT2D eigenvalue weighted by molar-refractivity contribution is -0.118. The van der Waals surface area contributed by atoms with Crippen molar-refractivity contribution in [1.29, 1.82) is 0 Å². The van der Waals surface area contributed by atoms with Crippen molar-refractivity contribution >= 4 is 29.3 Å². The van der Waals surface area contributed by atoms with E-state index in [0.29, 0.717) is 6.54 Å². The van der Waals surface area contributed by atoms with Gasteiger partial charge in [0, 0.05) is 18.8 Å². The van der Waals surface area contributed by atoms with E-state index in [4.69, 9.17) is 0 Å². The van der Waals surface area contributed by atoms with Crippen LogP contribution in [0.5, 0.6) is 0 Å². The molecule has 0 radical (unpaired) electrons. The van der Waals surface area contributed by atoms with Gasteiger partial charge >= 0.3 is 0 Å². The summed E-state index contributed by atoms with van der Waals surface area (Å²) in [5.74, 6) is 0.353. The van der Waals surface area contributed by atoms with E-state index in [0.717, 1.165) is 36.4 Å². The first-order valence-corrected chi connectivity index (χ1v) is 11.2. The number of thioether (sulfide) groups is 1. The molecule has 156 valence electrons. The highest BCUT2D eigenvalue weighted by Gasteiger charge is 2.07. The number of aryl methyl sites for hydroxylation is 1. The molecule has 0 fully saturated rings. The zero-order chi connectivity index (χ0) is 21.1. The number of benzene rings is 2. The lowest BCUT2D eigenvalue weighted by Gasteiger charge is -2.18. The maximum Gasteiger partial charge on any atom is 0.234 e. The van der Waals surface area contributed by atoms with Crippen LogP contribution in [0.15, 0.2) is 48.5 Å². The zero-order valence-corrected chi connectivity index (χ0v) is 18.3. The summed E-state index contributed by atoms with van der Waals surface area (Å²) in [5, 5.41) is 5.78. The Kier molecular flexibility index (Phi) is 9.74. The molecule has 0 aromatic heterocycles. The second-order valence-corrected chi connectivity index (χ2v) is 7.95. The smallest absolute Gasteiger partial charge is 0.234 e. The van der Waals surface area contributed by atoms with Gasteiger partial charge in [-0.3, -0.25) is 14.5 Å². The van der Waals surface area contributed by atoms with E-state index >= 15 is 0 Å². The Bertz CT molecular complexity index is 806. The molecule has 0 bridgehead atoms. The summed E-state index contributed by atoms with van der Waals surface area (Å²) in [5.41, 5.74) is 4.22. The average Bonchev–Trinajstić information content (AvgIpc) is 2.71. The highest BCUT2D eigenvalue weighted by molar-refractivity contribution is 8.00. The maximum atomic E-state index is 12.1. The van der Waals surface area contributed by atoms with E-state index in [-0.39, 0.29) is 23.3 Å². The number of nitrogens with zero attached hydrogens (tertiary/aromatic N) is 1. The largest absolute Gasteiger partial charge is 0.351 e. The van der Waals surface area contributed by atoms with Gasteiger partial charge in [-0.25, -0.2) is 0 Å². The fraction of sp³-hybridized carbons (Fsp3) is 0.391. The number of hydrogen-bond donors (Lipinski definition) is 2. The SMILES string of the molecule is CCN(CC)Cc1cccc(CNC(=O)CSCC(=O)Nc2cccc(C)c2)c1. The van der Waals surface area contributed by atoms with E-state index in [1.54, 1.807) is 0 Å². The monoisotopic (exact) mass is 413 g/mol. The molecule has 5 nitrogen and oxygen atoms in total. The third-order valence-electron chi connectivity index (χ3n) is 4.55. The van der Waals surface area contributed by atoms with Crippen molar-refractivity contribution in [2.45, 2.75) is 33.9 Å². The fourth-order valence-electron chi connectivity index (χ4n) is 2.95. The van der Waals surface area contributed by atoms with Crippen LogP contribution in [-0.4, -0.2) is 41.3 Å². The van der Waals surface area contributed by atoms with Crippen LogP contribution in [0.1, 0.15) is 30.5 Å². The average molecular weight is 414 g/mol. The van der Waals surface area contributed by atoms with Gasteiger partial charge in [0.1, 0.15) is 0 Å². The van der Waals surface area contributed by atoms with E-state index in [1.165, 1.54) is 17.3 Å². The number of amides is 2. The van der Waals surface area contributed by atoms with Crippen molar-refractivity contribution in [3.8, 4) is 0 Å². The molecule has 2 aromatic rings. The first-order valence-electron chi connectivity index (χ1n) is 10.0. The normalized spacial score (nSPS) is 10.8. The molecule has 0 saturated carbocycles. The van der Waals surface area contributed by atoms with Crippen LogP contribution in [0.25, 0.3) is 0 Å². The van der Waals surface area contributed by atoms with Crippen molar-refractivity contribution < 1.29 is 9.59 Å². The second-order valence-electron chi connectivity index (χ2n) is 6.97. The number of carbonyl (C=O) groups is 2. The molecule has 2 aromatic carbocycles. The molecule has 29 heavy (non-hydrogen) atoms. The second kappa shape index (κ2) is 12.3. The van der Waals surface area contributed by atoms with E-state index in [2.05, 4.69) is 41.5 Å². The Labute approximate surface area is 178 Å². The Hall–Kier alpha value is -2.31. The topological polar surface area (TPSA) is 61.4 Å². The van der Waals surface area contributed by atoms with Gasteiger partial charge in [0.05, 0.1) is 11.5 Å². The first-order chi connectivity index (χ1) is 14.0. The summed E-state index contributed by atoms with van der Waals surface area (Å²) in [6.07, 6.45) is 0. The number of rotatable bonds is 11. The molecular formula is C23H31N3O2S. The van der Waals surface area contributed by atoms with Gasteiger partial charge in [-0.05, 0) is 48.8 Å². The standard InChI is InChI=1S/C23H31N3O2S/c1-4-26(5-2)15-20-10-7-9-19(13-20)14-24-22(27)16-29-17-23(28)25-21-11-6-8-18(3)12-21/h6-13H,4-5,14-17H2,1-3H3,(H,24,27)(H,25,28). The van der Waals surface area contributed by atoms with Gasteiger partial charge in [-0.1, -0.05) is 50.2 Å². The van der Waals surface area contributed by atoms with Crippen molar-refractivity contribution in [3.63, 3.8) is 0 Å². The molecule has 0 saturated heterocycles. The lowest BCUT2D eigenvalue weighted by atomic mass is 10.1. The number of hydrogen-bond acceptors (Lipinski definition) is 4. The fourth-order valence-corrected chi connectivity index (χ4v) is 3.60. The van der Waals surface area contributed by atoms with Gasteiger partial charge in [0.2, 0.25) is 11.8 Å². The maximum absolute atomic E-state index is 12.1. The molecule has 0 atom stereocenters. The molecule has 2 N–H and O–H groups in total. The van der Waals surface area contributed by atoms with Crippen LogP contribution < -0.4 is 10.6 Å². The molecule has 2 amide bonds. The minimum atomic E-state index is -0.0995. The third kappa shape index (κ3) is 8.71. The van der Waals surface area contributed by atoms with Crippen LogP contribution in [0.2, 0.25) is 0 Å². The molecule has 0 spiro atoms. The highest BCUT2D eigenvalue weighted by atomic mass is 32.2. The molecule has 0 aliphatic rings. The summed E-state index contributed by atoms with van der Waals surface area (Å²) in [7, 11) is 0. The predicted molar refractivity (Wildman–Crippen MR) is 122 cm³/mol. The Morgan fingerprint density at radius 1 is 0.931 bits per heavy atom. The van der Waals surface area contributed by atoms with Crippen molar-refractivity contribution in [2.24, 2.45) is 0 Å². The summed E-state index contributed by atoms with van der Waals surface area (Å²) in [6, 6.07) is 16.0. The van der Waals surface area contributed by atoms with Crippen LogP contribution in [0.3, 0.4) is 0 Å². The molecule has 0 aliphatic carbocycles. The predicted octanol–water partition coefficient (Wildman–Crippen LogP) is 3.82. The van der Waals surface area contributed by atoms with Gasteiger partial charge < -0.3 is 10.6 Å². The number of nitrogens with one attached hydrogen (secondary N) is 2. The molecule has 0 heterocycles. The van der Waals surface area contributed by atoms with Crippen molar-refractivity contribution in [2.75, 3.05) is 29.9 Å². The van der Waals surface area contributed by atoms with Crippen LogP contribution in [0.4, 0.5) is 5.69 Å². The number of anilines is 1. The van der Waals surface area contributed by atoms with Crippen LogP contribution in [0, 0.1) is 6.92 Å². The quantitative estimate of drug-likeness (QED) is 0.588. The number of carbonyl (C=O) groups excluding carboxylic acids is 2. The Balaban J connectivity index is 1.70. The minimum absolute atomic E-state index is 0.0625. The molecule has 2 rings (SSSR count). The van der Waals surface area contributed by atoms with Crippen LogP contribution >= 0.6 is 11.8 Å². The van der Waals surface area contributed by atoms with E-state index < -0.39 is 0 Å².